The second-order valence-electron chi connectivity index (χ2n) is 8.07. The Kier molecular flexibility index (Phi) is 11.9. The average molecular weight is 442 g/mol. The van der Waals surface area contributed by atoms with Crippen LogP contribution in [0.2, 0.25) is 0 Å². The Morgan fingerprint density at radius 2 is 1.45 bits per heavy atom. The number of hydrogen-bond donors (Lipinski definition) is 1. The van der Waals surface area contributed by atoms with Crippen molar-refractivity contribution in [1.29, 1.82) is 0 Å². The summed E-state index contributed by atoms with van der Waals surface area (Å²) in [6.45, 7) is 16.7. The van der Waals surface area contributed by atoms with Crippen LogP contribution in [-0.4, -0.2) is 20.1 Å². The van der Waals surface area contributed by atoms with Gasteiger partial charge in [0.2, 0.25) is 11.4 Å². The lowest BCUT2D eigenvalue weighted by molar-refractivity contribution is 0.538. The Bertz CT molecular complexity index is 934. The van der Waals surface area contributed by atoms with Crippen molar-refractivity contribution in [3.05, 3.63) is 39.5 Å². The fraction of sp³-hybridized carbons (Fsp3) is 0.667. The van der Waals surface area contributed by atoms with E-state index in [1.54, 1.807) is 0 Å². The fourth-order valence-corrected chi connectivity index (χ4v) is 4.59. The van der Waals surface area contributed by atoms with Crippen LogP contribution >= 0.6 is 11.8 Å². The smallest absolute Gasteiger partial charge is 0.286 e. The molecule has 0 spiro atoms. The quantitative estimate of drug-likeness (QED) is 0.165. The van der Waals surface area contributed by atoms with Gasteiger partial charge in [-0.1, -0.05) is 102 Å². The molecule has 0 atom stereocenters. The molecule has 0 aliphatic heterocycles. The van der Waals surface area contributed by atoms with Crippen LogP contribution in [0.15, 0.2) is 16.1 Å². The van der Waals surface area contributed by atoms with E-state index in [9.17, 15) is 4.79 Å². The largest absolute Gasteiger partial charge is 0.330 e. The average Bonchev–Trinajstić information content (AvgIpc) is 3.14. The molecule has 0 saturated carbocycles. The number of nitrogens with zero attached hydrogens (tertiary/aromatic N) is 4. The zero-order valence-corrected chi connectivity index (χ0v) is 19.6. The predicted octanol–water partition coefficient (Wildman–Crippen LogP) is 7.70. The van der Waals surface area contributed by atoms with Gasteiger partial charge < -0.3 is 0 Å². The Balaban J connectivity index is 1.55. The molecule has 31 heavy (non-hydrogen) atoms. The van der Waals surface area contributed by atoms with Crippen molar-refractivity contribution in [2.75, 3.05) is 5.75 Å². The molecule has 0 bridgehead atoms. The molecule has 0 radical (unpaired) electrons. The second kappa shape index (κ2) is 14.7. The molecule has 0 aliphatic rings. The molecular formula is C24H35N5OS. The summed E-state index contributed by atoms with van der Waals surface area (Å²) >= 11 is 1.51. The molecule has 2 aromatic rings. The van der Waals surface area contributed by atoms with Crippen LogP contribution in [0.4, 0.5) is 11.4 Å². The maximum absolute atomic E-state index is 12.2. The van der Waals surface area contributed by atoms with Crippen molar-refractivity contribution >= 4 is 28.8 Å². The summed E-state index contributed by atoms with van der Waals surface area (Å²) in [6, 6.07) is 0. The molecule has 2 rings (SSSR count). The molecule has 2 heterocycles. The lowest BCUT2D eigenvalue weighted by atomic mass is 10.0. The van der Waals surface area contributed by atoms with E-state index in [1.165, 1.54) is 106 Å². The second-order valence-corrected chi connectivity index (χ2v) is 9.16. The Morgan fingerprint density at radius 1 is 0.903 bits per heavy atom. The van der Waals surface area contributed by atoms with Crippen LogP contribution in [0.25, 0.3) is 15.3 Å². The number of aromatic nitrogens is 3. The molecule has 7 heteroatoms. The number of H-pyrrole nitrogens is 1. The van der Waals surface area contributed by atoms with Gasteiger partial charge in [-0.3, -0.25) is 9.38 Å². The van der Waals surface area contributed by atoms with E-state index in [0.29, 0.717) is 5.16 Å². The zero-order valence-electron chi connectivity index (χ0n) is 18.8. The Morgan fingerprint density at radius 3 is 1.97 bits per heavy atom. The van der Waals surface area contributed by atoms with Crippen LogP contribution in [0.1, 0.15) is 96.8 Å². The maximum atomic E-state index is 12.2. The van der Waals surface area contributed by atoms with Gasteiger partial charge >= 0.3 is 5.69 Å². The number of fused-ring (bicyclic) bond motifs is 1. The van der Waals surface area contributed by atoms with Crippen LogP contribution in [0.3, 0.4) is 0 Å². The van der Waals surface area contributed by atoms with Gasteiger partial charge in [0, 0.05) is 11.9 Å². The Labute approximate surface area is 190 Å². The molecule has 6 nitrogen and oxygen atoms in total. The van der Waals surface area contributed by atoms with Gasteiger partial charge in [-0.25, -0.2) is 19.5 Å². The fourth-order valence-electron chi connectivity index (χ4n) is 3.73. The van der Waals surface area contributed by atoms with Gasteiger partial charge in [0.15, 0.2) is 5.16 Å². The highest BCUT2D eigenvalue weighted by molar-refractivity contribution is 7.99. The first-order valence-corrected chi connectivity index (χ1v) is 12.7. The highest BCUT2D eigenvalue weighted by Crippen LogP contribution is 2.33. The molecule has 0 amide bonds. The van der Waals surface area contributed by atoms with Crippen molar-refractivity contribution < 1.29 is 0 Å². The predicted molar refractivity (Wildman–Crippen MR) is 129 cm³/mol. The lowest BCUT2D eigenvalue weighted by Crippen LogP contribution is -2.17. The normalized spacial score (nSPS) is 10.9. The van der Waals surface area contributed by atoms with Crippen LogP contribution < -0.4 is 5.69 Å². The number of nitrogens with one attached hydrogen (secondary N) is 1. The van der Waals surface area contributed by atoms with Crippen molar-refractivity contribution in [2.24, 2.45) is 0 Å². The van der Waals surface area contributed by atoms with Gasteiger partial charge in [0.1, 0.15) is 5.65 Å². The van der Waals surface area contributed by atoms with Crippen molar-refractivity contribution in [3.63, 3.8) is 0 Å². The van der Waals surface area contributed by atoms with E-state index >= 15 is 0 Å². The van der Waals surface area contributed by atoms with Gasteiger partial charge in [-0.05, 0) is 6.42 Å². The minimum atomic E-state index is -0.353. The topological polar surface area (TPSA) is 58.9 Å². The van der Waals surface area contributed by atoms with Gasteiger partial charge in [0.05, 0.1) is 13.1 Å². The third-order valence-electron chi connectivity index (χ3n) is 5.54. The molecule has 0 unspecified atom stereocenters. The van der Waals surface area contributed by atoms with Crippen LogP contribution in [-0.2, 0) is 0 Å². The molecule has 0 aromatic carbocycles. The number of rotatable bonds is 16. The summed E-state index contributed by atoms with van der Waals surface area (Å²) in [7, 11) is 0. The molecular weight excluding hydrogens is 406 g/mol. The van der Waals surface area contributed by atoms with E-state index in [0.717, 1.165) is 12.2 Å². The van der Waals surface area contributed by atoms with Gasteiger partial charge in [-0.15, -0.1) is 0 Å². The third kappa shape index (κ3) is 8.42. The minimum absolute atomic E-state index is 0.152. The highest BCUT2D eigenvalue weighted by atomic mass is 32.2. The lowest BCUT2D eigenvalue weighted by Gasteiger charge is -2.04. The summed E-state index contributed by atoms with van der Waals surface area (Å²) in [5, 5.41) is 0.520. The van der Waals surface area contributed by atoms with E-state index in [-0.39, 0.29) is 22.7 Å². The first-order valence-electron chi connectivity index (χ1n) is 11.7. The summed E-state index contributed by atoms with van der Waals surface area (Å²) < 4.78 is 1.25. The monoisotopic (exact) mass is 441 g/mol. The number of aromatic amines is 1. The van der Waals surface area contributed by atoms with Crippen molar-refractivity contribution in [1.82, 2.24) is 14.4 Å². The summed E-state index contributed by atoms with van der Waals surface area (Å²) in [6.07, 6.45) is 20.1. The first kappa shape index (κ1) is 25.0. The molecule has 0 fully saturated rings. The van der Waals surface area contributed by atoms with Crippen LogP contribution in [0, 0.1) is 13.1 Å². The van der Waals surface area contributed by atoms with E-state index < -0.39 is 0 Å². The number of thioether (sulfide) groups is 1. The maximum Gasteiger partial charge on any atom is 0.330 e. The SMILES string of the molecule is [C-]#[N+]c1cn2c(=O)[nH]c(SCCCCCCCCCCCCCCCC)nc2c1[N+]#[C-]. The van der Waals surface area contributed by atoms with E-state index in [4.69, 9.17) is 13.1 Å². The first-order chi connectivity index (χ1) is 15.2. The molecule has 0 aliphatic carbocycles. The third-order valence-corrected chi connectivity index (χ3v) is 6.50. The minimum Gasteiger partial charge on any atom is -0.286 e. The van der Waals surface area contributed by atoms with E-state index in [1.807, 2.05) is 0 Å². The molecule has 2 aromatic heterocycles. The summed E-state index contributed by atoms with van der Waals surface area (Å²) in [4.78, 5) is 26.0. The molecule has 0 saturated heterocycles. The van der Waals surface area contributed by atoms with Crippen LogP contribution in [0.5, 0.6) is 0 Å². The van der Waals surface area contributed by atoms with E-state index in [2.05, 4.69) is 26.6 Å². The van der Waals surface area contributed by atoms with Gasteiger partial charge in [0.25, 0.3) is 0 Å². The molecule has 1 N–H and O–H groups in total. The number of unbranched alkanes of at least 4 members (excludes halogenated alkanes) is 13. The Hall–Kier alpha value is -2.25. The van der Waals surface area contributed by atoms with Crippen molar-refractivity contribution in [3.8, 4) is 0 Å². The standard InChI is InChI=1S/C24H35N5OS/c1-4-5-6-7-8-9-10-11-12-13-14-15-16-17-18-31-23-27-22-21(26-3)20(25-2)19-29(22)24(30)28-23/h19H,4-18H2,1H3,(H,27,28,30). The molecule has 168 valence electrons. The summed E-state index contributed by atoms with van der Waals surface area (Å²) in [5.74, 6) is 0.890. The highest BCUT2D eigenvalue weighted by Gasteiger charge is 2.15. The number of hydrogen-bond acceptors (Lipinski definition) is 3. The van der Waals surface area contributed by atoms with Gasteiger partial charge in [-0.2, -0.15) is 0 Å². The summed E-state index contributed by atoms with van der Waals surface area (Å²) in [5.41, 5.74) is 0.239. The van der Waals surface area contributed by atoms with Crippen molar-refractivity contribution in [2.45, 2.75) is 102 Å². The zero-order chi connectivity index (χ0) is 22.3.